The lowest BCUT2D eigenvalue weighted by molar-refractivity contribution is 0.233. The Morgan fingerprint density at radius 2 is 1.77 bits per heavy atom. The van der Waals surface area contributed by atoms with E-state index in [9.17, 15) is 0 Å². The summed E-state index contributed by atoms with van der Waals surface area (Å²) >= 11 is 0. The SMILES string of the molecule is CCCOc1ccc(NCC(C)Oc2ccccc2C)cc1. The number of nitrogens with one attached hydrogen (secondary N) is 1. The van der Waals surface area contributed by atoms with Gasteiger partial charge in [0.05, 0.1) is 13.2 Å². The molecule has 0 amide bonds. The van der Waals surface area contributed by atoms with Gasteiger partial charge in [-0.3, -0.25) is 0 Å². The van der Waals surface area contributed by atoms with Crippen molar-refractivity contribution in [2.45, 2.75) is 33.3 Å². The predicted molar refractivity (Wildman–Crippen MR) is 92.0 cm³/mol. The van der Waals surface area contributed by atoms with Gasteiger partial charge in [-0.05, 0) is 56.2 Å². The Hall–Kier alpha value is -2.16. The molecule has 0 aliphatic heterocycles. The molecule has 0 saturated heterocycles. The minimum atomic E-state index is 0.0946. The van der Waals surface area contributed by atoms with E-state index >= 15 is 0 Å². The van der Waals surface area contributed by atoms with Gasteiger partial charge in [-0.1, -0.05) is 25.1 Å². The second-order valence-corrected chi connectivity index (χ2v) is 5.45. The van der Waals surface area contributed by atoms with Crippen molar-refractivity contribution in [1.29, 1.82) is 0 Å². The van der Waals surface area contributed by atoms with Gasteiger partial charge in [-0.2, -0.15) is 0 Å². The fourth-order valence-corrected chi connectivity index (χ4v) is 2.10. The van der Waals surface area contributed by atoms with E-state index in [1.54, 1.807) is 0 Å². The summed E-state index contributed by atoms with van der Waals surface area (Å²) in [6.45, 7) is 7.74. The van der Waals surface area contributed by atoms with E-state index in [1.165, 1.54) is 0 Å². The molecule has 2 aromatic carbocycles. The third-order valence-electron chi connectivity index (χ3n) is 3.34. The summed E-state index contributed by atoms with van der Waals surface area (Å²) in [6, 6.07) is 16.1. The lowest BCUT2D eigenvalue weighted by Gasteiger charge is -2.17. The topological polar surface area (TPSA) is 30.5 Å². The van der Waals surface area contributed by atoms with Crippen LogP contribution in [0, 0.1) is 6.92 Å². The van der Waals surface area contributed by atoms with Crippen LogP contribution in [0.2, 0.25) is 0 Å². The number of ether oxygens (including phenoxy) is 2. The number of aryl methyl sites for hydroxylation is 1. The van der Waals surface area contributed by atoms with Crippen molar-refractivity contribution < 1.29 is 9.47 Å². The molecule has 0 fully saturated rings. The summed E-state index contributed by atoms with van der Waals surface area (Å²) < 4.78 is 11.5. The van der Waals surface area contributed by atoms with Crippen LogP contribution in [0.1, 0.15) is 25.8 Å². The largest absolute Gasteiger partial charge is 0.494 e. The van der Waals surface area contributed by atoms with Gasteiger partial charge >= 0.3 is 0 Å². The van der Waals surface area contributed by atoms with Crippen LogP contribution < -0.4 is 14.8 Å². The smallest absolute Gasteiger partial charge is 0.122 e. The highest BCUT2D eigenvalue weighted by Crippen LogP contribution is 2.19. The van der Waals surface area contributed by atoms with Crippen LogP contribution in [0.25, 0.3) is 0 Å². The number of para-hydroxylation sites is 1. The van der Waals surface area contributed by atoms with Crippen LogP contribution in [-0.2, 0) is 0 Å². The Bertz CT molecular complexity index is 566. The van der Waals surface area contributed by atoms with E-state index < -0.39 is 0 Å². The van der Waals surface area contributed by atoms with Crippen LogP contribution >= 0.6 is 0 Å². The Labute approximate surface area is 133 Å². The molecule has 1 N–H and O–H groups in total. The molecule has 1 unspecified atom stereocenters. The third kappa shape index (κ3) is 4.99. The van der Waals surface area contributed by atoms with E-state index in [0.717, 1.165) is 42.3 Å². The Morgan fingerprint density at radius 1 is 1.05 bits per heavy atom. The average molecular weight is 299 g/mol. The van der Waals surface area contributed by atoms with Crippen molar-refractivity contribution in [3.05, 3.63) is 54.1 Å². The van der Waals surface area contributed by atoms with Crippen molar-refractivity contribution in [2.24, 2.45) is 0 Å². The van der Waals surface area contributed by atoms with Crippen LogP contribution in [0.5, 0.6) is 11.5 Å². The quantitative estimate of drug-likeness (QED) is 0.768. The fourth-order valence-electron chi connectivity index (χ4n) is 2.10. The summed E-state index contributed by atoms with van der Waals surface area (Å²) in [5.74, 6) is 1.86. The minimum absolute atomic E-state index is 0.0946. The van der Waals surface area contributed by atoms with Crippen molar-refractivity contribution >= 4 is 5.69 Å². The molecule has 2 aromatic rings. The van der Waals surface area contributed by atoms with E-state index in [4.69, 9.17) is 9.47 Å². The molecule has 0 heterocycles. The Morgan fingerprint density at radius 3 is 2.45 bits per heavy atom. The molecular weight excluding hydrogens is 274 g/mol. The lowest BCUT2D eigenvalue weighted by atomic mass is 10.2. The van der Waals surface area contributed by atoms with Gasteiger partial charge in [0.1, 0.15) is 17.6 Å². The highest BCUT2D eigenvalue weighted by Gasteiger charge is 2.06. The van der Waals surface area contributed by atoms with Gasteiger partial charge in [0.15, 0.2) is 0 Å². The minimum Gasteiger partial charge on any atom is -0.494 e. The number of hydrogen-bond donors (Lipinski definition) is 1. The van der Waals surface area contributed by atoms with Crippen molar-refractivity contribution in [1.82, 2.24) is 0 Å². The first-order valence-corrected chi connectivity index (χ1v) is 7.88. The fraction of sp³-hybridized carbons (Fsp3) is 0.368. The Balaban J connectivity index is 1.81. The van der Waals surface area contributed by atoms with Gasteiger partial charge in [0.2, 0.25) is 0 Å². The first-order valence-electron chi connectivity index (χ1n) is 7.88. The molecule has 2 rings (SSSR count). The summed E-state index contributed by atoms with van der Waals surface area (Å²) in [5, 5.41) is 3.39. The molecule has 22 heavy (non-hydrogen) atoms. The van der Waals surface area contributed by atoms with Crippen molar-refractivity contribution in [2.75, 3.05) is 18.5 Å². The molecular formula is C19H25NO2. The van der Waals surface area contributed by atoms with Crippen molar-refractivity contribution in [3.8, 4) is 11.5 Å². The summed E-state index contributed by atoms with van der Waals surface area (Å²) in [4.78, 5) is 0. The number of benzene rings is 2. The second kappa shape index (κ2) is 8.32. The molecule has 118 valence electrons. The van der Waals surface area contributed by atoms with Crippen LogP contribution in [0.15, 0.2) is 48.5 Å². The normalized spacial score (nSPS) is 11.8. The molecule has 0 saturated carbocycles. The second-order valence-electron chi connectivity index (χ2n) is 5.45. The standard InChI is InChI=1S/C19H25NO2/c1-4-13-21-18-11-9-17(10-12-18)20-14-16(3)22-19-8-6-5-7-15(19)2/h5-12,16,20H,4,13-14H2,1-3H3. The lowest BCUT2D eigenvalue weighted by Crippen LogP contribution is -2.22. The molecule has 3 nitrogen and oxygen atoms in total. The van der Waals surface area contributed by atoms with Crippen molar-refractivity contribution in [3.63, 3.8) is 0 Å². The highest BCUT2D eigenvalue weighted by molar-refractivity contribution is 5.46. The first-order chi connectivity index (χ1) is 10.7. The van der Waals surface area contributed by atoms with Crippen LogP contribution in [-0.4, -0.2) is 19.3 Å². The summed E-state index contributed by atoms with van der Waals surface area (Å²) in [7, 11) is 0. The van der Waals surface area contributed by atoms with Gasteiger partial charge < -0.3 is 14.8 Å². The molecule has 0 radical (unpaired) electrons. The van der Waals surface area contributed by atoms with Gasteiger partial charge in [0.25, 0.3) is 0 Å². The molecule has 0 aliphatic rings. The Kier molecular flexibility index (Phi) is 6.13. The molecule has 0 spiro atoms. The first kappa shape index (κ1) is 16.2. The monoisotopic (exact) mass is 299 g/mol. The van der Waals surface area contributed by atoms with Gasteiger partial charge in [0, 0.05) is 5.69 Å². The van der Waals surface area contributed by atoms with E-state index in [0.29, 0.717) is 0 Å². The number of anilines is 1. The zero-order valence-electron chi connectivity index (χ0n) is 13.6. The van der Waals surface area contributed by atoms with E-state index in [2.05, 4.69) is 32.2 Å². The maximum Gasteiger partial charge on any atom is 0.122 e. The average Bonchev–Trinajstić information content (AvgIpc) is 2.54. The van der Waals surface area contributed by atoms with E-state index in [-0.39, 0.29) is 6.10 Å². The van der Waals surface area contributed by atoms with Crippen LogP contribution in [0.3, 0.4) is 0 Å². The molecule has 1 atom stereocenters. The summed E-state index contributed by atoms with van der Waals surface area (Å²) in [6.07, 6.45) is 1.12. The van der Waals surface area contributed by atoms with Crippen LogP contribution in [0.4, 0.5) is 5.69 Å². The molecule has 0 bridgehead atoms. The maximum absolute atomic E-state index is 5.96. The van der Waals surface area contributed by atoms with Gasteiger partial charge in [-0.25, -0.2) is 0 Å². The highest BCUT2D eigenvalue weighted by atomic mass is 16.5. The van der Waals surface area contributed by atoms with Gasteiger partial charge in [-0.15, -0.1) is 0 Å². The molecule has 0 aliphatic carbocycles. The zero-order valence-corrected chi connectivity index (χ0v) is 13.6. The number of rotatable bonds is 8. The zero-order chi connectivity index (χ0) is 15.8. The summed E-state index contributed by atoms with van der Waals surface area (Å²) in [5.41, 5.74) is 2.23. The molecule has 0 aromatic heterocycles. The maximum atomic E-state index is 5.96. The molecule has 3 heteroatoms. The predicted octanol–water partition coefficient (Wildman–Crippen LogP) is 4.66. The third-order valence-corrected chi connectivity index (χ3v) is 3.34. The van der Waals surface area contributed by atoms with E-state index in [1.807, 2.05) is 42.5 Å². The number of hydrogen-bond acceptors (Lipinski definition) is 3.